The second kappa shape index (κ2) is 7.11. The van der Waals surface area contributed by atoms with Crippen molar-refractivity contribution in [3.05, 3.63) is 41.5 Å². The van der Waals surface area contributed by atoms with Crippen molar-refractivity contribution in [2.24, 2.45) is 0 Å². The summed E-state index contributed by atoms with van der Waals surface area (Å²) in [5.41, 5.74) is 0.867. The van der Waals surface area contributed by atoms with Crippen LogP contribution in [0.4, 0.5) is 4.39 Å². The molecule has 0 radical (unpaired) electrons. The summed E-state index contributed by atoms with van der Waals surface area (Å²) in [5, 5.41) is 18.4. The summed E-state index contributed by atoms with van der Waals surface area (Å²) in [6, 6.07) is 6.83. The van der Waals surface area contributed by atoms with E-state index in [2.05, 4.69) is 26.2 Å². The van der Waals surface area contributed by atoms with Crippen LogP contribution in [0.5, 0.6) is 0 Å². The SMILES string of the molecule is Cc1nnnn1C(Cc1ccc(F)cc1)C(=O)NC1CC2CCC(C1)N2. The standard InChI is InChI=1S/C18H23FN6O/c1-11-22-23-24-25(11)17(8-12-2-4-13(19)5-3-12)18(26)21-16-9-14-6-7-15(10-16)20-14/h2-5,14-17,20H,6-10H2,1H3,(H,21,26). The van der Waals surface area contributed by atoms with E-state index >= 15 is 0 Å². The number of rotatable bonds is 5. The highest BCUT2D eigenvalue weighted by molar-refractivity contribution is 5.81. The summed E-state index contributed by atoms with van der Waals surface area (Å²) in [7, 11) is 0. The quantitative estimate of drug-likeness (QED) is 0.842. The van der Waals surface area contributed by atoms with E-state index in [-0.39, 0.29) is 17.8 Å². The Morgan fingerprint density at radius 3 is 2.62 bits per heavy atom. The first-order valence-corrected chi connectivity index (χ1v) is 9.14. The zero-order chi connectivity index (χ0) is 18.1. The number of tetrazole rings is 1. The van der Waals surface area contributed by atoms with Gasteiger partial charge in [0.2, 0.25) is 5.91 Å². The molecule has 2 aromatic rings. The number of benzene rings is 1. The lowest BCUT2D eigenvalue weighted by atomic mass is 9.98. The Labute approximate surface area is 151 Å². The third-order valence-corrected chi connectivity index (χ3v) is 5.42. The monoisotopic (exact) mass is 358 g/mol. The first-order valence-electron chi connectivity index (χ1n) is 9.14. The van der Waals surface area contributed by atoms with Crippen LogP contribution in [-0.2, 0) is 11.2 Å². The van der Waals surface area contributed by atoms with Gasteiger partial charge in [0.25, 0.3) is 0 Å². The molecular weight excluding hydrogens is 335 g/mol. The van der Waals surface area contributed by atoms with E-state index in [1.165, 1.54) is 25.0 Å². The number of carbonyl (C=O) groups is 1. The fraction of sp³-hybridized carbons (Fsp3) is 0.556. The van der Waals surface area contributed by atoms with Crippen molar-refractivity contribution < 1.29 is 9.18 Å². The fourth-order valence-electron chi connectivity index (χ4n) is 4.13. The van der Waals surface area contributed by atoms with E-state index in [4.69, 9.17) is 0 Å². The van der Waals surface area contributed by atoms with E-state index in [1.807, 2.05) is 0 Å². The number of piperidine rings is 1. The number of hydrogen-bond acceptors (Lipinski definition) is 5. The number of carbonyl (C=O) groups excluding carboxylic acids is 1. The summed E-state index contributed by atoms with van der Waals surface area (Å²) >= 11 is 0. The van der Waals surface area contributed by atoms with Gasteiger partial charge in [0.15, 0.2) is 0 Å². The molecule has 2 bridgehead atoms. The van der Waals surface area contributed by atoms with Crippen LogP contribution in [0, 0.1) is 12.7 Å². The molecule has 2 saturated heterocycles. The van der Waals surface area contributed by atoms with Crippen LogP contribution in [0.25, 0.3) is 0 Å². The zero-order valence-electron chi connectivity index (χ0n) is 14.7. The summed E-state index contributed by atoms with van der Waals surface area (Å²) in [6.07, 6.45) is 4.69. The molecule has 8 heteroatoms. The van der Waals surface area contributed by atoms with Crippen LogP contribution < -0.4 is 10.6 Å². The average molecular weight is 358 g/mol. The average Bonchev–Trinajstić information content (AvgIpc) is 3.19. The van der Waals surface area contributed by atoms with E-state index in [1.54, 1.807) is 23.7 Å². The molecule has 2 N–H and O–H groups in total. The van der Waals surface area contributed by atoms with Crippen LogP contribution in [0.15, 0.2) is 24.3 Å². The van der Waals surface area contributed by atoms with E-state index < -0.39 is 6.04 Å². The van der Waals surface area contributed by atoms with Gasteiger partial charge in [-0.3, -0.25) is 4.79 Å². The Balaban J connectivity index is 1.51. The predicted molar refractivity (Wildman–Crippen MR) is 92.8 cm³/mol. The lowest BCUT2D eigenvalue weighted by Crippen LogP contribution is -2.49. The first-order chi connectivity index (χ1) is 12.6. The zero-order valence-corrected chi connectivity index (χ0v) is 14.7. The van der Waals surface area contributed by atoms with Crippen molar-refractivity contribution in [2.75, 3.05) is 0 Å². The number of aromatic nitrogens is 4. The van der Waals surface area contributed by atoms with Gasteiger partial charge in [0.05, 0.1) is 0 Å². The number of nitrogens with zero attached hydrogens (tertiary/aromatic N) is 4. The molecule has 2 fully saturated rings. The summed E-state index contributed by atoms with van der Waals surface area (Å²) in [6.45, 7) is 1.77. The molecule has 26 heavy (non-hydrogen) atoms. The molecule has 2 aliphatic rings. The Morgan fingerprint density at radius 2 is 2.00 bits per heavy atom. The lowest BCUT2D eigenvalue weighted by Gasteiger charge is -2.31. The van der Waals surface area contributed by atoms with Crippen molar-refractivity contribution in [2.45, 2.75) is 63.2 Å². The number of nitrogens with one attached hydrogen (secondary N) is 2. The Morgan fingerprint density at radius 1 is 1.31 bits per heavy atom. The normalized spacial score (nSPS) is 25.8. The number of amides is 1. The molecule has 3 atom stereocenters. The Kier molecular flexibility index (Phi) is 4.67. The molecule has 1 aromatic carbocycles. The van der Waals surface area contributed by atoms with Crippen LogP contribution in [0.2, 0.25) is 0 Å². The minimum absolute atomic E-state index is 0.0870. The smallest absolute Gasteiger partial charge is 0.245 e. The van der Waals surface area contributed by atoms with Gasteiger partial charge in [-0.25, -0.2) is 9.07 Å². The van der Waals surface area contributed by atoms with Gasteiger partial charge in [-0.2, -0.15) is 0 Å². The predicted octanol–water partition coefficient (Wildman–Crippen LogP) is 1.30. The van der Waals surface area contributed by atoms with Crippen LogP contribution >= 0.6 is 0 Å². The minimum Gasteiger partial charge on any atom is -0.351 e. The highest BCUT2D eigenvalue weighted by atomic mass is 19.1. The van der Waals surface area contributed by atoms with Crippen molar-refractivity contribution in [3.8, 4) is 0 Å². The van der Waals surface area contributed by atoms with Crippen molar-refractivity contribution in [3.63, 3.8) is 0 Å². The Hall–Kier alpha value is -2.35. The molecule has 4 rings (SSSR count). The lowest BCUT2D eigenvalue weighted by molar-refractivity contribution is -0.125. The van der Waals surface area contributed by atoms with E-state index in [0.717, 1.165) is 18.4 Å². The van der Waals surface area contributed by atoms with Gasteiger partial charge < -0.3 is 10.6 Å². The van der Waals surface area contributed by atoms with Crippen LogP contribution in [0.3, 0.4) is 0 Å². The van der Waals surface area contributed by atoms with Gasteiger partial charge in [0.1, 0.15) is 17.7 Å². The van der Waals surface area contributed by atoms with Crippen LogP contribution in [-0.4, -0.2) is 44.2 Å². The molecule has 0 spiro atoms. The third-order valence-electron chi connectivity index (χ3n) is 5.42. The van der Waals surface area contributed by atoms with Crippen molar-refractivity contribution >= 4 is 5.91 Å². The largest absolute Gasteiger partial charge is 0.351 e. The van der Waals surface area contributed by atoms with E-state index in [0.29, 0.717) is 24.3 Å². The molecule has 1 aromatic heterocycles. The second-order valence-corrected chi connectivity index (χ2v) is 7.33. The topological polar surface area (TPSA) is 84.7 Å². The highest BCUT2D eigenvalue weighted by Crippen LogP contribution is 2.27. The number of fused-ring (bicyclic) bond motifs is 2. The molecule has 3 unspecified atom stereocenters. The fourth-order valence-corrected chi connectivity index (χ4v) is 4.13. The third kappa shape index (κ3) is 3.60. The molecular formula is C18H23FN6O. The second-order valence-electron chi connectivity index (χ2n) is 7.33. The maximum Gasteiger partial charge on any atom is 0.245 e. The summed E-state index contributed by atoms with van der Waals surface area (Å²) in [5.74, 6) is 0.201. The van der Waals surface area contributed by atoms with Gasteiger partial charge in [0, 0.05) is 24.5 Å². The molecule has 1 amide bonds. The van der Waals surface area contributed by atoms with Gasteiger partial charge in [-0.15, -0.1) is 5.10 Å². The molecule has 0 saturated carbocycles. The number of aryl methyl sites for hydroxylation is 1. The highest BCUT2D eigenvalue weighted by Gasteiger charge is 2.35. The van der Waals surface area contributed by atoms with Crippen molar-refractivity contribution in [1.82, 2.24) is 30.8 Å². The molecule has 0 aliphatic carbocycles. The first kappa shape index (κ1) is 17.1. The molecule has 2 aliphatic heterocycles. The minimum atomic E-state index is -0.553. The van der Waals surface area contributed by atoms with Gasteiger partial charge >= 0.3 is 0 Å². The molecule has 138 valence electrons. The van der Waals surface area contributed by atoms with Gasteiger partial charge in [-0.05, 0) is 60.7 Å². The number of hydrogen-bond donors (Lipinski definition) is 2. The summed E-state index contributed by atoms with van der Waals surface area (Å²) in [4.78, 5) is 13.0. The summed E-state index contributed by atoms with van der Waals surface area (Å²) < 4.78 is 14.7. The maximum atomic E-state index is 13.2. The van der Waals surface area contributed by atoms with Crippen molar-refractivity contribution in [1.29, 1.82) is 0 Å². The Bertz CT molecular complexity index is 764. The van der Waals surface area contributed by atoms with Gasteiger partial charge in [-0.1, -0.05) is 12.1 Å². The molecule has 3 heterocycles. The van der Waals surface area contributed by atoms with E-state index in [9.17, 15) is 9.18 Å². The number of halogens is 1. The molecule has 7 nitrogen and oxygen atoms in total. The van der Waals surface area contributed by atoms with Crippen LogP contribution in [0.1, 0.15) is 43.1 Å². The maximum absolute atomic E-state index is 13.2.